The fraction of sp³-hybridized carbons (Fsp3) is 0.109. The van der Waals surface area contributed by atoms with Crippen LogP contribution in [0, 0.1) is 39.6 Å². The van der Waals surface area contributed by atoms with Crippen LogP contribution in [-0.4, -0.2) is 14.4 Å². The molecule has 5 heterocycles. The van der Waals surface area contributed by atoms with Crippen molar-refractivity contribution >= 4 is 78.3 Å². The van der Waals surface area contributed by atoms with Crippen LogP contribution in [0.3, 0.4) is 0 Å². The van der Waals surface area contributed by atoms with Gasteiger partial charge in [-0.05, 0) is 96.8 Å². The van der Waals surface area contributed by atoms with Crippen LogP contribution in [0.15, 0.2) is 152 Å². The van der Waals surface area contributed by atoms with Crippen LogP contribution in [0.2, 0.25) is 0 Å². The van der Waals surface area contributed by atoms with Crippen LogP contribution in [0.5, 0.6) is 11.5 Å². The second-order valence-corrected chi connectivity index (χ2v) is 17.0. The molecule has 2 aliphatic rings. The number of para-hydroxylation sites is 6. The quantitative estimate of drug-likeness (QED) is 0.126. The third kappa shape index (κ3) is 5.90. The number of hydrogen-bond acceptors (Lipinski definition) is 6. The van der Waals surface area contributed by atoms with E-state index in [1.165, 1.54) is 27.9 Å². The maximum atomic E-state index is 7.03. The first-order valence-electron chi connectivity index (χ1n) is 21.1. The van der Waals surface area contributed by atoms with Crippen LogP contribution in [0.1, 0.15) is 41.7 Å². The van der Waals surface area contributed by atoms with Gasteiger partial charge in [0.05, 0.1) is 16.7 Å². The minimum atomic E-state index is -0.425. The SMILES string of the molecule is Cc1cc(C)c(N2[CH-]N(c3[c-]c(Oc4[c-]c5c(cc4)c4cccnc4n4c6ccccc6nc54)cc4c3C(C)(C)c3ccccc3N4c3ccccc3)c3ccccc32)c(C)c1.[Pt]. The molecule has 2 aliphatic heterocycles. The number of aryl methyl sites for hydroxylation is 3. The molecule has 0 aliphatic carbocycles. The van der Waals surface area contributed by atoms with Gasteiger partial charge in [0.15, 0.2) is 0 Å². The number of anilines is 7. The molecule has 0 N–H and O–H groups in total. The van der Waals surface area contributed by atoms with E-state index in [0.29, 0.717) is 11.5 Å². The summed E-state index contributed by atoms with van der Waals surface area (Å²) >= 11 is 0. The van der Waals surface area contributed by atoms with Crippen molar-refractivity contribution in [2.75, 3.05) is 14.7 Å². The third-order valence-electron chi connectivity index (χ3n) is 12.7. The van der Waals surface area contributed by atoms with Gasteiger partial charge in [0.1, 0.15) is 5.65 Å². The molecular formula is C55H41N6OPt-3. The number of pyridine rings is 2. The fourth-order valence-corrected chi connectivity index (χ4v) is 10.1. The predicted octanol–water partition coefficient (Wildman–Crippen LogP) is 14.0. The summed E-state index contributed by atoms with van der Waals surface area (Å²) in [6.45, 7) is 13.5. The van der Waals surface area contributed by atoms with E-state index in [4.69, 9.17) is 14.7 Å². The van der Waals surface area contributed by atoms with E-state index in [1.807, 2.05) is 36.5 Å². The summed E-state index contributed by atoms with van der Waals surface area (Å²) in [6, 6.07) is 58.6. The Labute approximate surface area is 381 Å². The molecule has 7 aromatic carbocycles. The molecule has 7 nitrogen and oxygen atoms in total. The summed E-state index contributed by atoms with van der Waals surface area (Å²) in [5.74, 6) is 1.14. The summed E-state index contributed by atoms with van der Waals surface area (Å²) in [5.41, 5.74) is 16.6. The number of ether oxygens (including phenoxy) is 1. The number of aromatic nitrogens is 3. The Hall–Kier alpha value is -6.95. The van der Waals surface area contributed by atoms with Crippen LogP contribution in [-0.2, 0) is 26.5 Å². The normalized spacial score (nSPS) is 14.0. The molecule has 0 amide bonds. The predicted molar refractivity (Wildman–Crippen MR) is 252 cm³/mol. The average Bonchev–Trinajstić information content (AvgIpc) is 3.86. The van der Waals surface area contributed by atoms with E-state index in [9.17, 15) is 0 Å². The molecule has 0 unspecified atom stereocenters. The number of rotatable bonds is 5. The monoisotopic (exact) mass is 996 g/mol. The third-order valence-corrected chi connectivity index (χ3v) is 12.7. The van der Waals surface area contributed by atoms with Gasteiger partial charge in [-0.3, -0.25) is 4.98 Å². The largest absolute Gasteiger partial charge is 0.503 e. The van der Waals surface area contributed by atoms with E-state index in [2.05, 4.69) is 188 Å². The maximum Gasteiger partial charge on any atom is 0.128 e. The molecule has 0 saturated carbocycles. The number of benzene rings is 7. The minimum absolute atomic E-state index is 0. The summed E-state index contributed by atoms with van der Waals surface area (Å²) in [4.78, 5) is 17.0. The second-order valence-electron chi connectivity index (χ2n) is 17.0. The zero-order chi connectivity index (χ0) is 41.9. The van der Waals surface area contributed by atoms with Crippen molar-refractivity contribution in [1.82, 2.24) is 14.4 Å². The Kier molecular flexibility index (Phi) is 9.01. The van der Waals surface area contributed by atoms with Gasteiger partial charge in [0, 0.05) is 67.2 Å². The molecule has 63 heavy (non-hydrogen) atoms. The van der Waals surface area contributed by atoms with Gasteiger partial charge in [-0.15, -0.1) is 36.5 Å². The number of imidazole rings is 1. The Morgan fingerprint density at radius 2 is 1.32 bits per heavy atom. The molecule has 0 bridgehead atoms. The molecule has 10 aromatic rings. The van der Waals surface area contributed by atoms with Crippen molar-refractivity contribution in [3.05, 3.63) is 198 Å². The second kappa shape index (κ2) is 14.6. The maximum absolute atomic E-state index is 7.03. The van der Waals surface area contributed by atoms with Crippen molar-refractivity contribution in [1.29, 1.82) is 0 Å². The van der Waals surface area contributed by atoms with Crippen LogP contribution >= 0.6 is 0 Å². The van der Waals surface area contributed by atoms with Gasteiger partial charge < -0.3 is 23.8 Å². The fourth-order valence-electron chi connectivity index (χ4n) is 10.1. The van der Waals surface area contributed by atoms with E-state index in [0.717, 1.165) is 78.2 Å². The van der Waals surface area contributed by atoms with Crippen molar-refractivity contribution < 1.29 is 25.8 Å². The van der Waals surface area contributed by atoms with Crippen molar-refractivity contribution in [2.24, 2.45) is 0 Å². The first kappa shape index (κ1) is 38.9. The van der Waals surface area contributed by atoms with E-state index < -0.39 is 5.41 Å². The van der Waals surface area contributed by atoms with Crippen LogP contribution in [0.25, 0.3) is 38.5 Å². The first-order valence-corrected chi connectivity index (χ1v) is 21.1. The van der Waals surface area contributed by atoms with Crippen molar-refractivity contribution in [3.8, 4) is 11.5 Å². The van der Waals surface area contributed by atoms with Gasteiger partial charge in [-0.1, -0.05) is 126 Å². The first-order chi connectivity index (χ1) is 30.2. The Bertz CT molecular complexity index is 3450. The number of nitrogens with zero attached hydrogens (tertiary/aromatic N) is 6. The van der Waals surface area contributed by atoms with E-state index >= 15 is 0 Å². The topological polar surface area (TPSA) is 49.1 Å². The van der Waals surface area contributed by atoms with Gasteiger partial charge in [0.2, 0.25) is 0 Å². The Balaban J connectivity index is 0.00000444. The molecule has 3 aromatic heterocycles. The van der Waals surface area contributed by atoms with Gasteiger partial charge in [-0.2, -0.15) is 0 Å². The molecule has 0 fully saturated rings. The molecule has 8 heteroatoms. The number of hydrogen-bond donors (Lipinski definition) is 0. The van der Waals surface area contributed by atoms with Crippen molar-refractivity contribution in [3.63, 3.8) is 0 Å². The van der Waals surface area contributed by atoms with Gasteiger partial charge in [0.25, 0.3) is 0 Å². The van der Waals surface area contributed by atoms with Gasteiger partial charge >= 0.3 is 0 Å². The summed E-state index contributed by atoms with van der Waals surface area (Å²) < 4.78 is 9.17. The van der Waals surface area contributed by atoms with Crippen LogP contribution < -0.4 is 19.4 Å². The molecular weight excluding hydrogens is 956 g/mol. The molecule has 0 radical (unpaired) electrons. The molecule has 0 atom stereocenters. The van der Waals surface area contributed by atoms with E-state index in [-0.39, 0.29) is 21.1 Å². The zero-order valence-corrected chi connectivity index (χ0v) is 37.7. The van der Waals surface area contributed by atoms with E-state index in [1.54, 1.807) is 0 Å². The van der Waals surface area contributed by atoms with Crippen molar-refractivity contribution in [2.45, 2.75) is 40.0 Å². The Morgan fingerprint density at radius 3 is 2.11 bits per heavy atom. The zero-order valence-electron chi connectivity index (χ0n) is 35.4. The summed E-state index contributed by atoms with van der Waals surface area (Å²) in [7, 11) is 0. The molecule has 0 spiro atoms. The van der Waals surface area contributed by atoms with Crippen LogP contribution in [0.4, 0.5) is 39.8 Å². The smallest absolute Gasteiger partial charge is 0.128 e. The molecule has 0 saturated heterocycles. The Morgan fingerprint density at radius 1 is 0.619 bits per heavy atom. The summed E-state index contributed by atoms with van der Waals surface area (Å²) in [5, 5.41) is 2.89. The standard InChI is InChI=1S/C55H41N6O.Pt/c1-34-28-35(2)52(36(3)29-34)59-33-58(47-23-13-14-24-48(47)59)49-31-39(32-50-51(49)55(4,5)43-19-9-11-21-45(43)60(50)37-16-7-6-8-17-37)62-38-25-26-40-41-18-15-27-56-53(41)61-46-22-12-10-20-44(46)57-54(61)42(40)30-38;/h6-29,32-33H,1-5H3;/q-3;. The minimum Gasteiger partial charge on any atom is -0.503 e. The molecule has 12 rings (SSSR count). The van der Waals surface area contributed by atoms with Gasteiger partial charge in [-0.25, -0.2) is 4.98 Å². The number of fused-ring (bicyclic) bond motifs is 11. The summed E-state index contributed by atoms with van der Waals surface area (Å²) in [6.07, 6.45) is 1.84. The molecule has 310 valence electrons. The average molecular weight is 997 g/mol.